The second-order valence-electron chi connectivity index (χ2n) is 8.77. The van der Waals surface area contributed by atoms with Gasteiger partial charge in [0.1, 0.15) is 12.3 Å². The molecule has 4 aromatic rings. The maximum Gasteiger partial charge on any atom is 0.331 e. The zero-order valence-electron chi connectivity index (χ0n) is 21.8. The zero-order valence-corrected chi connectivity index (χ0v) is 21.8. The molecule has 0 aliphatic carbocycles. The van der Waals surface area contributed by atoms with Gasteiger partial charge in [-0.15, -0.1) is 0 Å². The molecule has 0 saturated heterocycles. The minimum atomic E-state index is -0.594. The first kappa shape index (κ1) is 27.2. The Morgan fingerprint density at radius 3 is 2.44 bits per heavy atom. The van der Waals surface area contributed by atoms with Crippen molar-refractivity contribution in [2.24, 2.45) is 0 Å². The summed E-state index contributed by atoms with van der Waals surface area (Å²) in [6.45, 7) is 0.112. The van der Waals surface area contributed by atoms with E-state index >= 15 is 0 Å². The summed E-state index contributed by atoms with van der Waals surface area (Å²) in [7, 11) is 3.01. The number of carbonyl (C=O) groups is 2. The number of para-hydroxylation sites is 1. The first-order valence-electron chi connectivity index (χ1n) is 12.4. The quantitative estimate of drug-likeness (QED) is 0.267. The van der Waals surface area contributed by atoms with Gasteiger partial charge in [-0.25, -0.2) is 4.79 Å². The average Bonchev–Trinajstić information content (AvgIpc) is 3.47. The third kappa shape index (κ3) is 6.56. The minimum absolute atomic E-state index is 0.116. The maximum absolute atomic E-state index is 13.4. The van der Waals surface area contributed by atoms with Gasteiger partial charge in [0.25, 0.3) is 5.56 Å². The highest BCUT2D eigenvalue weighted by molar-refractivity contribution is 5.92. The van der Waals surface area contributed by atoms with Crippen LogP contribution in [0.1, 0.15) is 25.0 Å². The zero-order chi connectivity index (χ0) is 27.8. The molecule has 0 unspecified atom stereocenters. The largest absolute Gasteiger partial charge is 0.493 e. The third-order valence-electron chi connectivity index (χ3n) is 6.18. The summed E-state index contributed by atoms with van der Waals surface area (Å²) in [5, 5.41) is 5.85. The van der Waals surface area contributed by atoms with Crippen molar-refractivity contribution in [2.45, 2.75) is 38.9 Å². The Labute approximate surface area is 224 Å². The van der Waals surface area contributed by atoms with E-state index in [9.17, 15) is 19.2 Å². The van der Waals surface area contributed by atoms with Crippen LogP contribution in [0.4, 0.5) is 5.69 Å². The minimum Gasteiger partial charge on any atom is -0.493 e. The summed E-state index contributed by atoms with van der Waals surface area (Å²) in [5.41, 5.74) is -0.199. The van der Waals surface area contributed by atoms with E-state index < -0.39 is 17.2 Å². The number of nitrogens with zero attached hydrogens (tertiary/aromatic N) is 2. The molecule has 4 rings (SSSR count). The fourth-order valence-corrected chi connectivity index (χ4v) is 4.22. The van der Waals surface area contributed by atoms with Crippen molar-refractivity contribution in [2.75, 3.05) is 19.5 Å². The van der Waals surface area contributed by atoms with Crippen molar-refractivity contribution in [3.05, 3.63) is 87.5 Å². The molecule has 2 aromatic heterocycles. The Hall–Kier alpha value is -4.80. The molecule has 2 amide bonds. The topological polar surface area (TPSA) is 134 Å². The van der Waals surface area contributed by atoms with Crippen LogP contribution in [0, 0.1) is 0 Å². The van der Waals surface area contributed by atoms with Gasteiger partial charge < -0.3 is 24.5 Å². The summed E-state index contributed by atoms with van der Waals surface area (Å²) < 4.78 is 18.1. The van der Waals surface area contributed by atoms with Crippen LogP contribution in [-0.4, -0.2) is 35.2 Å². The first-order chi connectivity index (χ1) is 18.9. The molecule has 39 heavy (non-hydrogen) atoms. The van der Waals surface area contributed by atoms with Gasteiger partial charge in [0, 0.05) is 24.7 Å². The molecule has 0 radical (unpaired) electrons. The molecule has 0 spiro atoms. The number of methoxy groups -OCH3 is 2. The molecule has 0 atom stereocenters. The normalized spacial score (nSPS) is 10.8. The number of fused-ring (bicyclic) bond motifs is 1. The highest BCUT2D eigenvalue weighted by Crippen LogP contribution is 2.29. The number of aromatic nitrogens is 2. The van der Waals surface area contributed by atoms with Crippen molar-refractivity contribution in [3.63, 3.8) is 0 Å². The van der Waals surface area contributed by atoms with Crippen molar-refractivity contribution < 1.29 is 23.5 Å². The number of nitrogens with one attached hydrogen (secondary N) is 2. The van der Waals surface area contributed by atoms with Crippen LogP contribution < -0.4 is 31.4 Å². The number of anilines is 1. The lowest BCUT2D eigenvalue weighted by Crippen LogP contribution is -2.41. The molecule has 204 valence electrons. The highest BCUT2D eigenvalue weighted by Gasteiger charge is 2.16. The molecule has 0 aliphatic heterocycles. The molecule has 0 fully saturated rings. The number of carbonyl (C=O) groups excluding carboxylic acids is 2. The Kier molecular flexibility index (Phi) is 8.82. The van der Waals surface area contributed by atoms with Gasteiger partial charge in [0.15, 0.2) is 11.5 Å². The number of rotatable bonds is 12. The molecule has 0 saturated carbocycles. The van der Waals surface area contributed by atoms with E-state index in [1.54, 1.807) is 54.6 Å². The predicted octanol–water partition coefficient (Wildman–Crippen LogP) is 2.90. The Morgan fingerprint density at radius 1 is 0.897 bits per heavy atom. The number of hydrogen-bond acceptors (Lipinski definition) is 7. The van der Waals surface area contributed by atoms with Gasteiger partial charge in [0.2, 0.25) is 11.8 Å². The van der Waals surface area contributed by atoms with Crippen LogP contribution in [0.3, 0.4) is 0 Å². The second kappa shape index (κ2) is 12.6. The first-order valence-corrected chi connectivity index (χ1v) is 12.4. The van der Waals surface area contributed by atoms with Gasteiger partial charge >= 0.3 is 5.69 Å². The number of unbranched alkanes of at least 4 members (excludes halogenated alkanes) is 1. The van der Waals surface area contributed by atoms with Crippen LogP contribution in [0.5, 0.6) is 11.5 Å². The lowest BCUT2D eigenvalue weighted by atomic mass is 10.2. The van der Waals surface area contributed by atoms with Gasteiger partial charge in [0.05, 0.1) is 37.9 Å². The van der Waals surface area contributed by atoms with Crippen molar-refractivity contribution in [3.8, 4) is 11.5 Å². The molecule has 0 bridgehead atoms. The van der Waals surface area contributed by atoms with Gasteiger partial charge in [-0.1, -0.05) is 12.1 Å². The van der Waals surface area contributed by atoms with Gasteiger partial charge in [-0.2, -0.15) is 0 Å². The van der Waals surface area contributed by atoms with Gasteiger partial charge in [-0.05, 0) is 49.2 Å². The molecule has 11 nitrogen and oxygen atoms in total. The van der Waals surface area contributed by atoms with E-state index in [1.807, 2.05) is 0 Å². The monoisotopic (exact) mass is 534 g/mol. The van der Waals surface area contributed by atoms with E-state index in [2.05, 4.69) is 10.6 Å². The Bertz CT molecular complexity index is 1570. The van der Waals surface area contributed by atoms with Crippen LogP contribution in [0.2, 0.25) is 0 Å². The highest BCUT2D eigenvalue weighted by atomic mass is 16.5. The summed E-state index contributed by atoms with van der Waals surface area (Å²) >= 11 is 0. The lowest BCUT2D eigenvalue weighted by Gasteiger charge is -2.15. The summed E-state index contributed by atoms with van der Waals surface area (Å²) in [6.07, 6.45) is 2.68. The van der Waals surface area contributed by atoms with Crippen LogP contribution in [-0.2, 0) is 29.2 Å². The smallest absolute Gasteiger partial charge is 0.331 e. The van der Waals surface area contributed by atoms with E-state index in [1.165, 1.54) is 25.0 Å². The van der Waals surface area contributed by atoms with E-state index in [4.69, 9.17) is 13.9 Å². The van der Waals surface area contributed by atoms with Crippen LogP contribution in [0.25, 0.3) is 10.9 Å². The Morgan fingerprint density at radius 2 is 1.69 bits per heavy atom. The number of hydrogen-bond donors (Lipinski definition) is 2. The number of furan rings is 1. The van der Waals surface area contributed by atoms with E-state index in [0.717, 1.165) is 4.57 Å². The third-order valence-corrected chi connectivity index (χ3v) is 6.18. The summed E-state index contributed by atoms with van der Waals surface area (Å²) in [5.74, 6) is 1.01. The average molecular weight is 535 g/mol. The molecular formula is C28H30N4O7. The number of amides is 2. The van der Waals surface area contributed by atoms with Crippen molar-refractivity contribution in [1.82, 2.24) is 14.5 Å². The van der Waals surface area contributed by atoms with Crippen molar-refractivity contribution >= 4 is 28.4 Å². The molecule has 2 aromatic carbocycles. The number of benzene rings is 2. The second-order valence-corrected chi connectivity index (χ2v) is 8.77. The fourth-order valence-electron chi connectivity index (χ4n) is 4.22. The standard InChI is InChI=1S/C28H30N4O7/c1-37-23-13-12-19(16-24(23)38-2)30-26(34)18-32-22-10-4-3-9-21(22)27(35)31(28(32)36)14-6-5-11-25(33)29-17-20-8-7-15-39-20/h3-4,7-10,12-13,15-16H,5-6,11,14,17-18H2,1-2H3,(H,29,33)(H,30,34). The van der Waals surface area contributed by atoms with Crippen LogP contribution >= 0.6 is 0 Å². The van der Waals surface area contributed by atoms with E-state index in [-0.39, 0.29) is 25.4 Å². The maximum atomic E-state index is 13.4. The predicted molar refractivity (Wildman–Crippen MR) is 145 cm³/mol. The summed E-state index contributed by atoms with van der Waals surface area (Å²) in [6, 6.07) is 15.1. The Balaban J connectivity index is 1.46. The molecule has 11 heteroatoms. The van der Waals surface area contributed by atoms with Crippen LogP contribution in [0.15, 0.2) is 74.9 Å². The lowest BCUT2D eigenvalue weighted by molar-refractivity contribution is -0.121. The molecule has 2 N–H and O–H groups in total. The fraction of sp³-hybridized carbons (Fsp3) is 0.286. The van der Waals surface area contributed by atoms with E-state index in [0.29, 0.717) is 53.2 Å². The summed E-state index contributed by atoms with van der Waals surface area (Å²) in [4.78, 5) is 51.5. The van der Waals surface area contributed by atoms with Gasteiger partial charge in [-0.3, -0.25) is 23.5 Å². The molecule has 2 heterocycles. The van der Waals surface area contributed by atoms with Crippen molar-refractivity contribution in [1.29, 1.82) is 0 Å². The number of ether oxygens (including phenoxy) is 2. The molecule has 0 aliphatic rings. The molecular weight excluding hydrogens is 504 g/mol. The SMILES string of the molecule is COc1ccc(NC(=O)Cn2c(=O)n(CCCCC(=O)NCc3ccco3)c(=O)c3ccccc32)cc1OC.